The fraction of sp³-hybridized carbons (Fsp3) is 0.600. The van der Waals surface area contributed by atoms with Crippen molar-refractivity contribution < 1.29 is 9.47 Å². The van der Waals surface area contributed by atoms with E-state index in [4.69, 9.17) is 9.47 Å². The topological polar surface area (TPSA) is 30.5 Å². The van der Waals surface area contributed by atoms with Gasteiger partial charge in [-0.15, -0.1) is 11.3 Å². The third-order valence-corrected chi connectivity index (χ3v) is 3.34. The summed E-state index contributed by atoms with van der Waals surface area (Å²) >= 11 is 1.77. The SMILES string of the molecule is CNC(CC1OCCO1)c1cccs1. The second-order valence-electron chi connectivity index (χ2n) is 3.26. The van der Waals surface area contributed by atoms with E-state index in [2.05, 4.69) is 22.8 Å². The van der Waals surface area contributed by atoms with Crippen molar-refractivity contribution in [3.05, 3.63) is 22.4 Å². The number of thiophene rings is 1. The first-order valence-corrected chi connectivity index (χ1v) is 5.72. The summed E-state index contributed by atoms with van der Waals surface area (Å²) in [5.74, 6) is 0. The van der Waals surface area contributed by atoms with Gasteiger partial charge in [-0.05, 0) is 18.5 Å². The molecule has 1 fully saturated rings. The van der Waals surface area contributed by atoms with E-state index in [9.17, 15) is 0 Å². The third kappa shape index (κ3) is 2.33. The summed E-state index contributed by atoms with van der Waals surface area (Å²) in [5.41, 5.74) is 0. The van der Waals surface area contributed by atoms with Crippen LogP contribution in [-0.4, -0.2) is 26.6 Å². The van der Waals surface area contributed by atoms with Crippen molar-refractivity contribution in [1.82, 2.24) is 5.32 Å². The number of rotatable bonds is 4. The van der Waals surface area contributed by atoms with Crippen LogP contribution in [0.3, 0.4) is 0 Å². The predicted octanol–water partition coefficient (Wildman–Crippen LogP) is 1.77. The van der Waals surface area contributed by atoms with Crippen LogP contribution in [0, 0.1) is 0 Å². The molecule has 1 unspecified atom stereocenters. The molecule has 14 heavy (non-hydrogen) atoms. The fourth-order valence-corrected chi connectivity index (χ4v) is 2.45. The average molecular weight is 213 g/mol. The molecule has 0 amide bonds. The Kier molecular flexibility index (Phi) is 3.53. The third-order valence-electron chi connectivity index (χ3n) is 2.35. The van der Waals surface area contributed by atoms with Crippen LogP contribution in [0.4, 0.5) is 0 Å². The van der Waals surface area contributed by atoms with Gasteiger partial charge in [0.05, 0.1) is 13.2 Å². The number of hydrogen-bond donors (Lipinski definition) is 1. The Labute approximate surface area is 88.0 Å². The Morgan fingerprint density at radius 3 is 2.93 bits per heavy atom. The Hall–Kier alpha value is -0.420. The lowest BCUT2D eigenvalue weighted by Gasteiger charge is -2.17. The van der Waals surface area contributed by atoms with E-state index >= 15 is 0 Å². The van der Waals surface area contributed by atoms with Crippen molar-refractivity contribution in [3.8, 4) is 0 Å². The first-order valence-electron chi connectivity index (χ1n) is 4.84. The van der Waals surface area contributed by atoms with Gasteiger partial charge in [0, 0.05) is 17.3 Å². The monoisotopic (exact) mass is 213 g/mol. The molecule has 2 heterocycles. The largest absolute Gasteiger partial charge is 0.350 e. The second kappa shape index (κ2) is 4.89. The lowest BCUT2D eigenvalue weighted by molar-refractivity contribution is -0.0524. The minimum Gasteiger partial charge on any atom is -0.350 e. The average Bonchev–Trinajstić information content (AvgIpc) is 2.86. The lowest BCUT2D eigenvalue weighted by atomic mass is 10.1. The summed E-state index contributed by atoms with van der Waals surface area (Å²) < 4.78 is 10.9. The van der Waals surface area contributed by atoms with Crippen molar-refractivity contribution in [2.75, 3.05) is 20.3 Å². The van der Waals surface area contributed by atoms with Crippen LogP contribution < -0.4 is 5.32 Å². The molecule has 0 aliphatic carbocycles. The molecular weight excluding hydrogens is 198 g/mol. The maximum absolute atomic E-state index is 5.43. The summed E-state index contributed by atoms with van der Waals surface area (Å²) in [6.07, 6.45) is 0.853. The molecule has 78 valence electrons. The standard InChI is InChI=1S/C10H15NO2S/c1-11-8(9-3-2-6-14-9)7-10-12-4-5-13-10/h2-3,6,8,10-11H,4-5,7H2,1H3. The van der Waals surface area contributed by atoms with Crippen LogP contribution in [0.5, 0.6) is 0 Å². The maximum Gasteiger partial charge on any atom is 0.159 e. The summed E-state index contributed by atoms with van der Waals surface area (Å²) in [6, 6.07) is 4.56. The summed E-state index contributed by atoms with van der Waals surface area (Å²) in [4.78, 5) is 1.34. The normalized spacial score (nSPS) is 20.1. The van der Waals surface area contributed by atoms with Crippen molar-refractivity contribution in [3.63, 3.8) is 0 Å². The van der Waals surface area contributed by atoms with E-state index in [0.29, 0.717) is 6.04 Å². The van der Waals surface area contributed by atoms with Gasteiger partial charge in [0.2, 0.25) is 0 Å². The highest BCUT2D eigenvalue weighted by Gasteiger charge is 2.21. The minimum absolute atomic E-state index is 0.0328. The second-order valence-corrected chi connectivity index (χ2v) is 4.24. The first kappa shape index (κ1) is 10.1. The molecule has 2 rings (SSSR count). The van der Waals surface area contributed by atoms with E-state index in [1.165, 1.54) is 4.88 Å². The minimum atomic E-state index is -0.0328. The van der Waals surface area contributed by atoms with E-state index in [-0.39, 0.29) is 6.29 Å². The zero-order valence-electron chi connectivity index (χ0n) is 8.23. The molecule has 1 aliphatic rings. The van der Waals surface area contributed by atoms with Gasteiger partial charge >= 0.3 is 0 Å². The van der Waals surface area contributed by atoms with E-state index < -0.39 is 0 Å². The van der Waals surface area contributed by atoms with Gasteiger partial charge in [0.25, 0.3) is 0 Å². The Morgan fingerprint density at radius 2 is 2.36 bits per heavy atom. The van der Waals surface area contributed by atoms with Crippen LogP contribution in [0.25, 0.3) is 0 Å². The van der Waals surface area contributed by atoms with Crippen molar-refractivity contribution in [2.24, 2.45) is 0 Å². The highest BCUT2D eigenvalue weighted by molar-refractivity contribution is 7.10. The maximum atomic E-state index is 5.43. The molecule has 1 aromatic heterocycles. The van der Waals surface area contributed by atoms with E-state index in [1.54, 1.807) is 11.3 Å². The molecule has 1 saturated heterocycles. The van der Waals surface area contributed by atoms with Crippen LogP contribution in [0.15, 0.2) is 17.5 Å². The zero-order valence-corrected chi connectivity index (χ0v) is 9.05. The summed E-state index contributed by atoms with van der Waals surface area (Å²) in [6.45, 7) is 1.46. The highest BCUT2D eigenvalue weighted by Crippen LogP contribution is 2.25. The zero-order chi connectivity index (χ0) is 9.80. The molecule has 0 radical (unpaired) electrons. The molecule has 4 heteroatoms. The van der Waals surface area contributed by atoms with Crippen LogP contribution in [0.2, 0.25) is 0 Å². The fourth-order valence-electron chi connectivity index (χ4n) is 1.60. The molecule has 1 atom stereocenters. The predicted molar refractivity (Wildman–Crippen MR) is 56.4 cm³/mol. The van der Waals surface area contributed by atoms with E-state index in [0.717, 1.165) is 19.6 Å². The van der Waals surface area contributed by atoms with Crippen LogP contribution in [-0.2, 0) is 9.47 Å². The quantitative estimate of drug-likeness (QED) is 0.827. The molecule has 0 saturated carbocycles. The van der Waals surface area contributed by atoms with Crippen LogP contribution >= 0.6 is 11.3 Å². The first-order chi connectivity index (χ1) is 6.90. The summed E-state index contributed by atoms with van der Waals surface area (Å²) in [5, 5.41) is 5.38. The van der Waals surface area contributed by atoms with Gasteiger partial charge in [0.1, 0.15) is 0 Å². The van der Waals surface area contributed by atoms with E-state index in [1.807, 2.05) is 7.05 Å². The van der Waals surface area contributed by atoms with Crippen molar-refractivity contribution >= 4 is 11.3 Å². The Morgan fingerprint density at radius 1 is 1.57 bits per heavy atom. The molecule has 1 aromatic rings. The van der Waals surface area contributed by atoms with Crippen molar-refractivity contribution in [2.45, 2.75) is 18.8 Å². The molecule has 0 spiro atoms. The van der Waals surface area contributed by atoms with Gasteiger partial charge in [-0.1, -0.05) is 6.07 Å². The molecule has 1 aliphatic heterocycles. The van der Waals surface area contributed by atoms with Gasteiger partial charge < -0.3 is 14.8 Å². The molecular formula is C10H15NO2S. The number of hydrogen-bond acceptors (Lipinski definition) is 4. The van der Waals surface area contributed by atoms with Crippen molar-refractivity contribution in [1.29, 1.82) is 0 Å². The van der Waals surface area contributed by atoms with Gasteiger partial charge in [-0.3, -0.25) is 0 Å². The van der Waals surface area contributed by atoms with Crippen LogP contribution in [0.1, 0.15) is 17.3 Å². The number of nitrogens with one attached hydrogen (secondary N) is 1. The Bertz CT molecular complexity index is 257. The summed E-state index contributed by atoms with van der Waals surface area (Å²) in [7, 11) is 1.97. The number of ether oxygens (including phenoxy) is 2. The smallest absolute Gasteiger partial charge is 0.159 e. The molecule has 0 bridgehead atoms. The van der Waals surface area contributed by atoms with Gasteiger partial charge in [-0.2, -0.15) is 0 Å². The Balaban J connectivity index is 1.93. The molecule has 1 N–H and O–H groups in total. The molecule has 3 nitrogen and oxygen atoms in total. The lowest BCUT2D eigenvalue weighted by Crippen LogP contribution is -2.22. The molecule has 0 aromatic carbocycles. The van der Waals surface area contributed by atoms with Gasteiger partial charge in [0.15, 0.2) is 6.29 Å². The highest BCUT2D eigenvalue weighted by atomic mass is 32.1. The van der Waals surface area contributed by atoms with Gasteiger partial charge in [-0.25, -0.2) is 0 Å².